The number of carbonyl (C=O) groups is 1. The Hall–Kier alpha value is -0.280. The van der Waals surface area contributed by atoms with E-state index >= 15 is 0 Å². The molecular formula is C14H27ClN2O. The van der Waals surface area contributed by atoms with E-state index in [1.165, 1.54) is 32.1 Å². The van der Waals surface area contributed by atoms with Gasteiger partial charge in [0.15, 0.2) is 0 Å². The number of rotatable bonds is 3. The van der Waals surface area contributed by atoms with Gasteiger partial charge in [0.2, 0.25) is 5.91 Å². The number of amides is 1. The first-order valence-electron chi connectivity index (χ1n) is 7.27. The van der Waals surface area contributed by atoms with Gasteiger partial charge in [-0.3, -0.25) is 4.79 Å². The Morgan fingerprint density at radius 1 is 1.28 bits per heavy atom. The third-order valence-electron chi connectivity index (χ3n) is 4.31. The van der Waals surface area contributed by atoms with E-state index in [0.717, 1.165) is 38.4 Å². The highest BCUT2D eigenvalue weighted by atomic mass is 35.5. The van der Waals surface area contributed by atoms with Gasteiger partial charge in [0, 0.05) is 32.1 Å². The van der Waals surface area contributed by atoms with Crippen LogP contribution in [0, 0.1) is 5.92 Å². The molecule has 106 valence electrons. The summed E-state index contributed by atoms with van der Waals surface area (Å²) in [6.45, 7) is 4.95. The molecule has 1 aliphatic heterocycles. The average Bonchev–Trinajstić information content (AvgIpc) is 2.38. The smallest absolute Gasteiger partial charge is 0.222 e. The summed E-state index contributed by atoms with van der Waals surface area (Å²) in [6.07, 6.45) is 8.75. The zero-order chi connectivity index (χ0) is 12.1. The molecule has 18 heavy (non-hydrogen) atoms. The summed E-state index contributed by atoms with van der Waals surface area (Å²) in [6, 6.07) is 0.377. The molecule has 1 amide bonds. The van der Waals surface area contributed by atoms with Crippen molar-refractivity contribution in [3.63, 3.8) is 0 Å². The van der Waals surface area contributed by atoms with Crippen molar-refractivity contribution in [3.05, 3.63) is 0 Å². The van der Waals surface area contributed by atoms with Gasteiger partial charge in [-0.15, -0.1) is 12.4 Å². The standard InChI is InChI=1S/C14H26N2O.ClH/c1-12-11-15-9-10-16(12)14(17)8-7-13-5-3-2-4-6-13;/h12-13,15H,2-11H2,1H3;1H/t12-;/m0./s1. The van der Waals surface area contributed by atoms with E-state index < -0.39 is 0 Å². The second-order valence-corrected chi connectivity index (χ2v) is 5.68. The first-order valence-corrected chi connectivity index (χ1v) is 7.27. The lowest BCUT2D eigenvalue weighted by atomic mass is 9.86. The molecule has 1 N–H and O–H groups in total. The highest BCUT2D eigenvalue weighted by molar-refractivity contribution is 5.85. The molecule has 1 aliphatic carbocycles. The van der Waals surface area contributed by atoms with Gasteiger partial charge in [-0.25, -0.2) is 0 Å². The van der Waals surface area contributed by atoms with Crippen molar-refractivity contribution < 1.29 is 4.79 Å². The molecule has 0 spiro atoms. The Labute approximate surface area is 117 Å². The zero-order valence-electron chi connectivity index (χ0n) is 11.5. The van der Waals surface area contributed by atoms with Gasteiger partial charge in [-0.1, -0.05) is 32.1 Å². The predicted octanol–water partition coefficient (Wildman–Crippen LogP) is 2.59. The minimum Gasteiger partial charge on any atom is -0.337 e. The molecular weight excluding hydrogens is 248 g/mol. The second-order valence-electron chi connectivity index (χ2n) is 5.68. The fourth-order valence-corrected chi connectivity index (χ4v) is 3.16. The number of hydrogen-bond acceptors (Lipinski definition) is 2. The lowest BCUT2D eigenvalue weighted by molar-refractivity contribution is -0.134. The van der Waals surface area contributed by atoms with Crippen molar-refractivity contribution in [1.29, 1.82) is 0 Å². The van der Waals surface area contributed by atoms with Gasteiger partial charge in [0.25, 0.3) is 0 Å². The van der Waals surface area contributed by atoms with Gasteiger partial charge >= 0.3 is 0 Å². The summed E-state index contributed by atoms with van der Waals surface area (Å²) in [5.41, 5.74) is 0. The van der Waals surface area contributed by atoms with Crippen LogP contribution in [0.5, 0.6) is 0 Å². The van der Waals surface area contributed by atoms with Crippen molar-refractivity contribution in [2.24, 2.45) is 5.92 Å². The third-order valence-corrected chi connectivity index (χ3v) is 4.31. The van der Waals surface area contributed by atoms with Gasteiger partial charge in [-0.05, 0) is 19.3 Å². The molecule has 1 saturated heterocycles. The van der Waals surface area contributed by atoms with Crippen LogP contribution in [0.2, 0.25) is 0 Å². The average molecular weight is 275 g/mol. The minimum absolute atomic E-state index is 0. The molecule has 2 fully saturated rings. The number of nitrogens with one attached hydrogen (secondary N) is 1. The molecule has 1 saturated carbocycles. The van der Waals surface area contributed by atoms with Crippen molar-refractivity contribution in [1.82, 2.24) is 10.2 Å². The summed E-state index contributed by atoms with van der Waals surface area (Å²) in [7, 11) is 0. The molecule has 0 radical (unpaired) electrons. The van der Waals surface area contributed by atoms with Crippen LogP contribution in [0.4, 0.5) is 0 Å². The molecule has 0 aromatic rings. The Morgan fingerprint density at radius 2 is 2.00 bits per heavy atom. The molecule has 3 nitrogen and oxygen atoms in total. The number of piperazine rings is 1. The summed E-state index contributed by atoms with van der Waals surface area (Å²) < 4.78 is 0. The van der Waals surface area contributed by atoms with Gasteiger partial charge in [-0.2, -0.15) is 0 Å². The normalized spacial score (nSPS) is 25.6. The molecule has 0 aromatic carbocycles. The maximum atomic E-state index is 12.1. The van der Waals surface area contributed by atoms with Crippen LogP contribution in [-0.4, -0.2) is 36.5 Å². The summed E-state index contributed by atoms with van der Waals surface area (Å²) in [4.78, 5) is 14.2. The fourth-order valence-electron chi connectivity index (χ4n) is 3.16. The highest BCUT2D eigenvalue weighted by Crippen LogP contribution is 2.27. The van der Waals surface area contributed by atoms with Crippen LogP contribution in [0.3, 0.4) is 0 Å². The largest absolute Gasteiger partial charge is 0.337 e. The van der Waals surface area contributed by atoms with E-state index in [-0.39, 0.29) is 12.4 Å². The summed E-state index contributed by atoms with van der Waals surface area (Å²) in [5, 5.41) is 3.33. The predicted molar refractivity (Wildman–Crippen MR) is 77.1 cm³/mol. The quantitative estimate of drug-likeness (QED) is 0.858. The van der Waals surface area contributed by atoms with Crippen LogP contribution >= 0.6 is 12.4 Å². The lowest BCUT2D eigenvalue weighted by Gasteiger charge is -2.34. The Kier molecular flexibility index (Phi) is 7.02. The minimum atomic E-state index is 0. The molecule has 2 aliphatic rings. The molecule has 0 aromatic heterocycles. The highest BCUT2D eigenvalue weighted by Gasteiger charge is 2.23. The monoisotopic (exact) mass is 274 g/mol. The Balaban J connectivity index is 0.00000162. The van der Waals surface area contributed by atoms with E-state index in [2.05, 4.69) is 17.1 Å². The number of nitrogens with zero attached hydrogens (tertiary/aromatic N) is 1. The van der Waals surface area contributed by atoms with Crippen molar-refractivity contribution in [2.45, 2.75) is 57.9 Å². The topological polar surface area (TPSA) is 32.3 Å². The third kappa shape index (κ3) is 4.43. The summed E-state index contributed by atoms with van der Waals surface area (Å²) >= 11 is 0. The van der Waals surface area contributed by atoms with Crippen molar-refractivity contribution in [3.8, 4) is 0 Å². The SMILES string of the molecule is C[C@H]1CNCCN1C(=O)CCC1CCCCC1.Cl. The molecule has 1 heterocycles. The molecule has 0 bridgehead atoms. The van der Waals surface area contributed by atoms with Crippen LogP contribution in [0.15, 0.2) is 0 Å². The van der Waals surface area contributed by atoms with Crippen molar-refractivity contribution in [2.75, 3.05) is 19.6 Å². The first kappa shape index (κ1) is 15.8. The van der Waals surface area contributed by atoms with E-state index in [1.807, 2.05) is 0 Å². The molecule has 0 unspecified atom stereocenters. The van der Waals surface area contributed by atoms with Crippen LogP contribution in [0.25, 0.3) is 0 Å². The first-order chi connectivity index (χ1) is 8.27. The number of carbonyl (C=O) groups excluding carboxylic acids is 1. The molecule has 4 heteroatoms. The maximum Gasteiger partial charge on any atom is 0.222 e. The van der Waals surface area contributed by atoms with Gasteiger partial charge in [0.05, 0.1) is 0 Å². The molecule has 1 atom stereocenters. The lowest BCUT2D eigenvalue weighted by Crippen LogP contribution is -2.52. The van der Waals surface area contributed by atoms with E-state index in [4.69, 9.17) is 0 Å². The van der Waals surface area contributed by atoms with E-state index in [1.54, 1.807) is 0 Å². The van der Waals surface area contributed by atoms with Gasteiger partial charge in [0.1, 0.15) is 0 Å². The van der Waals surface area contributed by atoms with Crippen LogP contribution < -0.4 is 5.32 Å². The zero-order valence-corrected chi connectivity index (χ0v) is 12.3. The number of halogens is 1. The van der Waals surface area contributed by atoms with Crippen LogP contribution in [0.1, 0.15) is 51.9 Å². The van der Waals surface area contributed by atoms with Crippen molar-refractivity contribution >= 4 is 18.3 Å². The Morgan fingerprint density at radius 3 is 2.67 bits per heavy atom. The number of hydrogen-bond donors (Lipinski definition) is 1. The van der Waals surface area contributed by atoms with E-state index in [0.29, 0.717) is 11.9 Å². The fraction of sp³-hybridized carbons (Fsp3) is 0.929. The second kappa shape index (κ2) is 8.00. The Bertz CT molecular complexity index is 254. The summed E-state index contributed by atoms with van der Waals surface area (Å²) in [5.74, 6) is 1.20. The maximum absolute atomic E-state index is 12.1. The van der Waals surface area contributed by atoms with Gasteiger partial charge < -0.3 is 10.2 Å². The molecule has 2 rings (SSSR count). The van der Waals surface area contributed by atoms with E-state index in [9.17, 15) is 4.79 Å². The van der Waals surface area contributed by atoms with Crippen LogP contribution in [-0.2, 0) is 4.79 Å².